The Hall–Kier alpha value is -1.82. The molecule has 21 heavy (non-hydrogen) atoms. The van der Waals surface area contributed by atoms with E-state index in [9.17, 15) is 14.9 Å². The van der Waals surface area contributed by atoms with Gasteiger partial charge in [-0.15, -0.1) is 0 Å². The van der Waals surface area contributed by atoms with Crippen molar-refractivity contribution in [1.82, 2.24) is 4.90 Å². The Labute approximate surface area is 128 Å². The van der Waals surface area contributed by atoms with E-state index >= 15 is 0 Å². The first kappa shape index (κ1) is 15.6. The summed E-state index contributed by atoms with van der Waals surface area (Å²) >= 11 is 5.89. The number of benzene rings is 1. The van der Waals surface area contributed by atoms with Gasteiger partial charge in [0.05, 0.1) is 9.95 Å². The van der Waals surface area contributed by atoms with Crippen molar-refractivity contribution in [2.75, 3.05) is 18.8 Å². The number of rotatable bonds is 3. The lowest BCUT2D eigenvalue weighted by atomic mass is 9.95. The summed E-state index contributed by atoms with van der Waals surface area (Å²) in [6, 6.07) is 2.60. The molecule has 0 radical (unpaired) electrons. The van der Waals surface area contributed by atoms with Crippen LogP contribution in [0.3, 0.4) is 0 Å². The van der Waals surface area contributed by atoms with E-state index in [0.29, 0.717) is 24.9 Å². The number of hydrogen-bond acceptors (Lipinski definition) is 4. The lowest BCUT2D eigenvalue weighted by Crippen LogP contribution is -2.29. The molecule has 0 bridgehead atoms. The highest BCUT2D eigenvalue weighted by Crippen LogP contribution is 2.32. The monoisotopic (exact) mass is 311 g/mol. The molecule has 1 atom stereocenters. The fourth-order valence-electron chi connectivity index (χ4n) is 2.58. The number of anilines is 1. The van der Waals surface area contributed by atoms with Crippen LogP contribution in [0.1, 0.15) is 30.6 Å². The maximum atomic E-state index is 12.5. The van der Waals surface area contributed by atoms with Crippen LogP contribution in [-0.2, 0) is 0 Å². The van der Waals surface area contributed by atoms with Gasteiger partial charge in [0.2, 0.25) is 0 Å². The number of carbonyl (C=O) groups excluding carboxylic acids is 1. The van der Waals surface area contributed by atoms with Gasteiger partial charge in [0, 0.05) is 24.7 Å². The number of hydrogen-bond donors (Lipinski definition) is 1. The SMILES string of the molecule is CC(C)C1CCN(C(=O)c2cc(Cl)c(N)c([N+](=O)[O-])c2)C1. The van der Waals surface area contributed by atoms with Crippen LogP contribution < -0.4 is 5.73 Å². The van der Waals surface area contributed by atoms with E-state index in [1.54, 1.807) is 4.90 Å². The fourth-order valence-corrected chi connectivity index (χ4v) is 2.79. The first-order chi connectivity index (χ1) is 9.81. The molecule has 1 aromatic rings. The van der Waals surface area contributed by atoms with Gasteiger partial charge in [-0.2, -0.15) is 0 Å². The van der Waals surface area contributed by atoms with Gasteiger partial charge in [0.15, 0.2) is 0 Å². The van der Waals surface area contributed by atoms with Crippen LogP contribution >= 0.6 is 11.6 Å². The molecule has 0 aromatic heterocycles. The van der Waals surface area contributed by atoms with E-state index in [0.717, 1.165) is 6.42 Å². The molecule has 0 spiro atoms. The Morgan fingerprint density at radius 3 is 2.71 bits per heavy atom. The number of nitrogens with zero attached hydrogens (tertiary/aromatic N) is 2. The second-order valence-electron chi connectivity index (χ2n) is 5.69. The normalized spacial score (nSPS) is 18.3. The number of nitrogen functional groups attached to an aromatic ring is 1. The second-order valence-corrected chi connectivity index (χ2v) is 6.10. The maximum Gasteiger partial charge on any atom is 0.294 e. The minimum atomic E-state index is -0.626. The quantitative estimate of drug-likeness (QED) is 0.528. The number of nitrogens with two attached hydrogens (primary N) is 1. The van der Waals surface area contributed by atoms with Gasteiger partial charge in [-0.05, 0) is 24.3 Å². The number of nitro groups is 1. The molecule has 0 aliphatic carbocycles. The highest BCUT2D eigenvalue weighted by atomic mass is 35.5. The average Bonchev–Trinajstić information content (AvgIpc) is 2.90. The van der Waals surface area contributed by atoms with Crippen LogP contribution in [0.4, 0.5) is 11.4 Å². The zero-order chi connectivity index (χ0) is 15.7. The highest BCUT2D eigenvalue weighted by Gasteiger charge is 2.30. The van der Waals surface area contributed by atoms with Gasteiger partial charge in [0.1, 0.15) is 5.69 Å². The highest BCUT2D eigenvalue weighted by molar-refractivity contribution is 6.34. The topological polar surface area (TPSA) is 89.5 Å². The molecule has 1 aliphatic heterocycles. The van der Waals surface area contributed by atoms with E-state index in [1.165, 1.54) is 12.1 Å². The summed E-state index contributed by atoms with van der Waals surface area (Å²) in [6.07, 6.45) is 0.953. The standard InChI is InChI=1S/C14H18ClN3O3/c1-8(2)9-3-4-17(7-9)14(19)10-5-11(15)13(16)12(6-10)18(20)21/h5-6,8-9H,3-4,7,16H2,1-2H3. The molecule has 2 rings (SSSR count). The summed E-state index contributed by atoms with van der Waals surface area (Å²) in [4.78, 5) is 24.5. The van der Waals surface area contributed by atoms with E-state index in [4.69, 9.17) is 17.3 Å². The molecule has 1 amide bonds. The molecule has 2 N–H and O–H groups in total. The molecule has 1 aromatic carbocycles. The molecule has 114 valence electrons. The van der Waals surface area contributed by atoms with E-state index in [2.05, 4.69) is 13.8 Å². The predicted molar refractivity (Wildman–Crippen MR) is 81.4 cm³/mol. The number of nitro benzene ring substituents is 1. The zero-order valence-corrected chi connectivity index (χ0v) is 12.8. The lowest BCUT2D eigenvalue weighted by Gasteiger charge is -2.18. The van der Waals surface area contributed by atoms with Crippen molar-refractivity contribution in [3.05, 3.63) is 32.8 Å². The first-order valence-corrected chi connectivity index (χ1v) is 7.21. The van der Waals surface area contributed by atoms with Crippen molar-refractivity contribution in [2.45, 2.75) is 20.3 Å². The smallest absolute Gasteiger partial charge is 0.294 e. The molecule has 7 heteroatoms. The van der Waals surface area contributed by atoms with Crippen molar-refractivity contribution in [1.29, 1.82) is 0 Å². The molecule has 1 heterocycles. The molecule has 1 unspecified atom stereocenters. The molecular weight excluding hydrogens is 294 g/mol. The van der Waals surface area contributed by atoms with E-state index in [1.807, 2.05) is 0 Å². The third-order valence-electron chi connectivity index (χ3n) is 4.01. The predicted octanol–water partition coefficient (Wildman–Crippen LogP) is 2.95. The first-order valence-electron chi connectivity index (χ1n) is 6.84. The Bertz CT molecular complexity index is 589. The average molecular weight is 312 g/mol. The van der Waals surface area contributed by atoms with Crippen LogP contribution in [-0.4, -0.2) is 28.8 Å². The minimum Gasteiger partial charge on any atom is -0.392 e. The molecule has 6 nitrogen and oxygen atoms in total. The number of likely N-dealkylation sites (tertiary alicyclic amines) is 1. The van der Waals surface area contributed by atoms with Gasteiger partial charge in [-0.3, -0.25) is 14.9 Å². The van der Waals surface area contributed by atoms with E-state index in [-0.39, 0.29) is 27.9 Å². The van der Waals surface area contributed by atoms with Crippen molar-refractivity contribution < 1.29 is 9.72 Å². The molecule has 0 saturated carbocycles. The Morgan fingerprint density at radius 2 is 2.19 bits per heavy atom. The minimum absolute atomic E-state index is 0.0344. The van der Waals surface area contributed by atoms with Crippen molar-refractivity contribution in [2.24, 2.45) is 11.8 Å². The lowest BCUT2D eigenvalue weighted by molar-refractivity contribution is -0.383. The molecule has 1 aliphatic rings. The van der Waals surface area contributed by atoms with Crippen molar-refractivity contribution in [3.63, 3.8) is 0 Å². The Morgan fingerprint density at radius 1 is 1.52 bits per heavy atom. The molecule has 1 saturated heterocycles. The third kappa shape index (κ3) is 3.10. The molecular formula is C14H18ClN3O3. The summed E-state index contributed by atoms with van der Waals surface area (Å²) in [6.45, 7) is 5.59. The zero-order valence-electron chi connectivity index (χ0n) is 12.0. The Kier molecular flexibility index (Phi) is 4.37. The summed E-state index contributed by atoms with van der Waals surface area (Å²) in [7, 11) is 0. The van der Waals surface area contributed by atoms with Crippen LogP contribution in [0.15, 0.2) is 12.1 Å². The molecule has 1 fully saturated rings. The summed E-state index contributed by atoms with van der Waals surface area (Å²) < 4.78 is 0. The van der Waals surface area contributed by atoms with Gasteiger partial charge in [-0.1, -0.05) is 25.4 Å². The number of carbonyl (C=O) groups is 1. The third-order valence-corrected chi connectivity index (χ3v) is 4.32. The van der Waals surface area contributed by atoms with Gasteiger partial charge in [-0.25, -0.2) is 0 Å². The summed E-state index contributed by atoms with van der Waals surface area (Å²) in [5.74, 6) is 0.739. The fraction of sp³-hybridized carbons (Fsp3) is 0.500. The Balaban J connectivity index is 2.26. The van der Waals surface area contributed by atoms with Crippen LogP contribution in [0.2, 0.25) is 5.02 Å². The van der Waals surface area contributed by atoms with Crippen LogP contribution in [0.25, 0.3) is 0 Å². The largest absolute Gasteiger partial charge is 0.392 e. The van der Waals surface area contributed by atoms with Crippen LogP contribution in [0.5, 0.6) is 0 Å². The van der Waals surface area contributed by atoms with Gasteiger partial charge >= 0.3 is 0 Å². The summed E-state index contributed by atoms with van der Waals surface area (Å²) in [5, 5.41) is 11.0. The number of halogens is 1. The van der Waals surface area contributed by atoms with Crippen molar-refractivity contribution in [3.8, 4) is 0 Å². The number of amides is 1. The second kappa shape index (κ2) is 5.89. The van der Waals surface area contributed by atoms with E-state index < -0.39 is 4.92 Å². The van der Waals surface area contributed by atoms with Gasteiger partial charge in [0.25, 0.3) is 11.6 Å². The maximum absolute atomic E-state index is 12.5. The van der Waals surface area contributed by atoms with Crippen molar-refractivity contribution >= 4 is 28.9 Å². The van der Waals surface area contributed by atoms with Crippen LogP contribution in [0, 0.1) is 22.0 Å². The van der Waals surface area contributed by atoms with Gasteiger partial charge < -0.3 is 10.6 Å². The summed E-state index contributed by atoms with van der Waals surface area (Å²) in [5.41, 5.74) is 5.34.